The molecule has 31 heavy (non-hydrogen) atoms. The molecule has 1 saturated carbocycles. The van der Waals surface area contributed by atoms with Crippen LogP contribution in [-0.4, -0.2) is 42.0 Å². The molecule has 1 N–H and O–H groups in total. The Hall–Kier alpha value is -2.63. The Labute approximate surface area is 183 Å². The van der Waals surface area contributed by atoms with Crippen LogP contribution in [0.1, 0.15) is 36.3 Å². The van der Waals surface area contributed by atoms with Gasteiger partial charge in [-0.25, -0.2) is 13.4 Å². The average molecular weight is 461 g/mol. The number of amides is 3. The van der Waals surface area contributed by atoms with Gasteiger partial charge in [0.15, 0.2) is 5.13 Å². The van der Waals surface area contributed by atoms with Gasteiger partial charge in [-0.3, -0.25) is 19.3 Å². The Kier molecular flexibility index (Phi) is 4.91. The van der Waals surface area contributed by atoms with E-state index >= 15 is 0 Å². The lowest BCUT2D eigenvalue weighted by molar-refractivity contribution is -0.121. The average Bonchev–Trinajstić information content (AvgIpc) is 3.45. The van der Waals surface area contributed by atoms with Gasteiger partial charge < -0.3 is 5.32 Å². The highest BCUT2D eigenvalue weighted by molar-refractivity contribution is 7.89. The SMILES string of the molecule is O=C(Nc1nc2c(s1)CN(S(=O)(=O)c1ccc(N3C(=O)CCC3=O)cc1)CC2)C1CC1. The zero-order valence-corrected chi connectivity index (χ0v) is 18.2. The van der Waals surface area contributed by atoms with Crippen LogP contribution in [0.15, 0.2) is 29.2 Å². The number of aromatic nitrogens is 1. The minimum atomic E-state index is -3.75. The van der Waals surface area contributed by atoms with E-state index in [2.05, 4.69) is 10.3 Å². The van der Waals surface area contributed by atoms with E-state index in [0.29, 0.717) is 23.8 Å². The number of sulfonamides is 1. The van der Waals surface area contributed by atoms with Crippen molar-refractivity contribution in [3.05, 3.63) is 34.8 Å². The number of benzene rings is 1. The molecule has 2 fully saturated rings. The van der Waals surface area contributed by atoms with Gasteiger partial charge in [0.05, 0.1) is 22.8 Å². The minimum Gasteiger partial charge on any atom is -0.302 e. The number of carbonyl (C=O) groups excluding carboxylic acids is 3. The lowest BCUT2D eigenvalue weighted by Crippen LogP contribution is -2.35. The van der Waals surface area contributed by atoms with Crippen molar-refractivity contribution in [3.63, 3.8) is 0 Å². The second-order valence-electron chi connectivity index (χ2n) is 7.86. The maximum Gasteiger partial charge on any atom is 0.243 e. The Balaban J connectivity index is 1.32. The smallest absolute Gasteiger partial charge is 0.243 e. The van der Waals surface area contributed by atoms with Crippen molar-refractivity contribution in [3.8, 4) is 0 Å². The molecular weight excluding hydrogens is 440 g/mol. The van der Waals surface area contributed by atoms with E-state index < -0.39 is 10.0 Å². The first kappa shape index (κ1) is 20.3. The van der Waals surface area contributed by atoms with E-state index in [1.54, 1.807) is 0 Å². The van der Waals surface area contributed by atoms with E-state index in [9.17, 15) is 22.8 Å². The molecule has 1 aromatic heterocycles. The number of hydrogen-bond donors (Lipinski definition) is 1. The highest BCUT2D eigenvalue weighted by atomic mass is 32.2. The minimum absolute atomic E-state index is 0.0226. The zero-order valence-electron chi connectivity index (χ0n) is 16.5. The van der Waals surface area contributed by atoms with E-state index in [0.717, 1.165) is 28.3 Å². The van der Waals surface area contributed by atoms with Crippen LogP contribution in [-0.2, 0) is 37.4 Å². The van der Waals surface area contributed by atoms with Gasteiger partial charge in [0, 0.05) is 36.6 Å². The summed E-state index contributed by atoms with van der Waals surface area (Å²) in [5.41, 5.74) is 1.20. The molecule has 11 heteroatoms. The first-order valence-corrected chi connectivity index (χ1v) is 12.3. The third-order valence-electron chi connectivity index (χ3n) is 5.66. The molecule has 3 aliphatic rings. The number of anilines is 2. The largest absolute Gasteiger partial charge is 0.302 e. The summed E-state index contributed by atoms with van der Waals surface area (Å²) in [6.07, 6.45) is 2.63. The molecule has 0 spiro atoms. The molecule has 1 aliphatic carbocycles. The predicted molar refractivity (Wildman–Crippen MR) is 113 cm³/mol. The summed E-state index contributed by atoms with van der Waals surface area (Å²) in [6, 6.07) is 5.82. The third kappa shape index (κ3) is 3.77. The number of thiazole rings is 1. The van der Waals surface area contributed by atoms with Crippen LogP contribution >= 0.6 is 11.3 Å². The van der Waals surface area contributed by atoms with Gasteiger partial charge in [0.1, 0.15) is 0 Å². The standard InChI is InChI=1S/C20H20N4O5S2/c25-17-7-8-18(26)24(17)13-3-5-14(6-4-13)31(28,29)23-10-9-15-16(11-23)30-20(21-15)22-19(27)12-1-2-12/h3-6,12H,1-2,7-11H2,(H,21,22,27). The second-order valence-corrected chi connectivity index (χ2v) is 10.9. The Bertz CT molecular complexity index is 1170. The molecule has 1 aromatic carbocycles. The quantitative estimate of drug-likeness (QED) is 0.681. The summed E-state index contributed by atoms with van der Waals surface area (Å²) in [6.45, 7) is 0.486. The van der Waals surface area contributed by atoms with Gasteiger partial charge in [0.2, 0.25) is 27.7 Å². The van der Waals surface area contributed by atoms with Crippen molar-refractivity contribution in [1.82, 2.24) is 9.29 Å². The first-order chi connectivity index (χ1) is 14.8. The number of carbonyl (C=O) groups is 3. The van der Waals surface area contributed by atoms with Gasteiger partial charge >= 0.3 is 0 Å². The molecule has 0 atom stereocenters. The van der Waals surface area contributed by atoms with E-state index in [1.165, 1.54) is 39.9 Å². The van der Waals surface area contributed by atoms with Crippen LogP contribution in [0.5, 0.6) is 0 Å². The lowest BCUT2D eigenvalue weighted by atomic mass is 10.2. The van der Waals surface area contributed by atoms with Gasteiger partial charge in [-0.05, 0) is 37.1 Å². The van der Waals surface area contributed by atoms with Crippen molar-refractivity contribution < 1.29 is 22.8 Å². The molecule has 162 valence electrons. The lowest BCUT2D eigenvalue weighted by Gasteiger charge is -2.25. The molecule has 0 radical (unpaired) electrons. The number of nitrogens with zero attached hydrogens (tertiary/aromatic N) is 3. The summed E-state index contributed by atoms with van der Waals surface area (Å²) >= 11 is 1.31. The first-order valence-electron chi connectivity index (χ1n) is 10.1. The summed E-state index contributed by atoms with van der Waals surface area (Å²) in [7, 11) is -3.75. The Morgan fingerprint density at radius 2 is 1.74 bits per heavy atom. The van der Waals surface area contributed by atoms with Crippen LogP contribution in [0.4, 0.5) is 10.8 Å². The van der Waals surface area contributed by atoms with Crippen LogP contribution < -0.4 is 10.2 Å². The van der Waals surface area contributed by atoms with Crippen molar-refractivity contribution in [2.45, 2.75) is 43.5 Å². The fourth-order valence-electron chi connectivity index (χ4n) is 3.76. The van der Waals surface area contributed by atoms with Crippen molar-refractivity contribution in [2.24, 2.45) is 5.92 Å². The molecule has 2 aromatic rings. The summed E-state index contributed by atoms with van der Waals surface area (Å²) < 4.78 is 27.7. The van der Waals surface area contributed by atoms with Gasteiger partial charge in [0.25, 0.3) is 0 Å². The zero-order chi connectivity index (χ0) is 21.8. The molecular formula is C20H20N4O5S2. The van der Waals surface area contributed by atoms with Crippen LogP contribution in [0.2, 0.25) is 0 Å². The van der Waals surface area contributed by atoms with Crippen molar-refractivity contribution in [1.29, 1.82) is 0 Å². The molecule has 9 nitrogen and oxygen atoms in total. The number of nitrogens with one attached hydrogen (secondary N) is 1. The highest BCUT2D eigenvalue weighted by Gasteiger charge is 2.34. The molecule has 0 bridgehead atoms. The highest BCUT2D eigenvalue weighted by Crippen LogP contribution is 2.34. The molecule has 3 amide bonds. The fraction of sp³-hybridized carbons (Fsp3) is 0.400. The number of hydrogen-bond acceptors (Lipinski definition) is 7. The van der Waals surface area contributed by atoms with Crippen LogP contribution in [0, 0.1) is 5.92 Å². The summed E-state index contributed by atoms with van der Waals surface area (Å²) in [4.78, 5) is 42.2. The van der Waals surface area contributed by atoms with Gasteiger partial charge in [-0.15, -0.1) is 11.3 Å². The summed E-state index contributed by atoms with van der Waals surface area (Å²) in [5, 5.41) is 3.35. The van der Waals surface area contributed by atoms with E-state index in [1.807, 2.05) is 0 Å². The second kappa shape index (κ2) is 7.50. The molecule has 1 saturated heterocycles. The summed E-state index contributed by atoms with van der Waals surface area (Å²) in [5.74, 6) is -0.504. The topological polar surface area (TPSA) is 117 Å². The fourth-order valence-corrected chi connectivity index (χ4v) is 6.28. The van der Waals surface area contributed by atoms with Crippen LogP contribution in [0.3, 0.4) is 0 Å². The molecule has 0 unspecified atom stereocenters. The molecule has 3 heterocycles. The molecule has 5 rings (SSSR count). The normalized spacial score (nSPS) is 19.5. The Morgan fingerprint density at radius 3 is 2.39 bits per heavy atom. The van der Waals surface area contributed by atoms with Gasteiger partial charge in [-0.2, -0.15) is 4.31 Å². The predicted octanol–water partition coefficient (Wildman–Crippen LogP) is 1.89. The number of rotatable bonds is 5. The van der Waals surface area contributed by atoms with E-state index in [4.69, 9.17) is 0 Å². The maximum absolute atomic E-state index is 13.1. The van der Waals surface area contributed by atoms with Crippen molar-refractivity contribution in [2.75, 3.05) is 16.8 Å². The number of imide groups is 1. The monoisotopic (exact) mass is 460 g/mol. The maximum atomic E-state index is 13.1. The van der Waals surface area contributed by atoms with Crippen LogP contribution in [0.25, 0.3) is 0 Å². The van der Waals surface area contributed by atoms with E-state index in [-0.39, 0.29) is 47.9 Å². The number of fused-ring (bicyclic) bond motifs is 1. The molecule has 2 aliphatic heterocycles. The third-order valence-corrected chi connectivity index (χ3v) is 8.52. The van der Waals surface area contributed by atoms with Gasteiger partial charge in [-0.1, -0.05) is 0 Å². The Morgan fingerprint density at radius 1 is 1.06 bits per heavy atom. The van der Waals surface area contributed by atoms with Crippen molar-refractivity contribution >= 4 is 49.9 Å².